The molecule has 0 bridgehead atoms. The minimum atomic E-state index is -3.50. The summed E-state index contributed by atoms with van der Waals surface area (Å²) in [4.78, 5) is 9.07. The van der Waals surface area contributed by atoms with E-state index in [0.29, 0.717) is 52.6 Å². The Bertz CT molecular complexity index is 1330. The zero-order valence-electron chi connectivity index (χ0n) is 20.7. The Morgan fingerprint density at radius 1 is 1.25 bits per heavy atom. The topological polar surface area (TPSA) is 103 Å². The summed E-state index contributed by atoms with van der Waals surface area (Å²) in [5.74, 6) is 0.691. The van der Waals surface area contributed by atoms with Crippen LogP contribution in [0.25, 0.3) is 10.9 Å². The maximum atomic E-state index is 14.9. The Balaban J connectivity index is 1.72. The van der Waals surface area contributed by atoms with Crippen molar-refractivity contribution in [3.8, 4) is 18.1 Å². The van der Waals surface area contributed by atoms with E-state index in [1.165, 1.54) is 12.1 Å². The van der Waals surface area contributed by atoms with Gasteiger partial charge in [-0.3, -0.25) is 0 Å². The van der Waals surface area contributed by atoms with Crippen LogP contribution >= 0.6 is 0 Å². The Kier molecular flexibility index (Phi) is 6.78. The largest absolute Gasteiger partial charge is 0.487 e. The van der Waals surface area contributed by atoms with Gasteiger partial charge in [-0.15, -0.1) is 6.42 Å². The summed E-state index contributed by atoms with van der Waals surface area (Å²) in [6.07, 6.45) is 6.40. The lowest BCUT2D eigenvalue weighted by Crippen LogP contribution is -2.40. The highest BCUT2D eigenvalue weighted by atomic mass is 19.3. The Morgan fingerprint density at radius 3 is 2.64 bits per heavy atom. The fourth-order valence-electron chi connectivity index (χ4n) is 4.13. The molecule has 1 aromatic heterocycles. The van der Waals surface area contributed by atoms with Crippen LogP contribution < -0.4 is 15.8 Å². The van der Waals surface area contributed by atoms with E-state index in [1.807, 2.05) is 6.92 Å². The molecule has 4 rings (SSSR count). The number of anilines is 2. The first-order chi connectivity index (χ1) is 16.9. The smallest absolute Gasteiger partial charge is 0.300 e. The number of rotatable bonds is 7. The van der Waals surface area contributed by atoms with E-state index in [4.69, 9.17) is 21.6 Å². The zero-order chi connectivity index (χ0) is 26.3. The number of aryl methyl sites for hydroxylation is 1. The molecule has 2 atom stereocenters. The van der Waals surface area contributed by atoms with Crippen molar-refractivity contribution in [3.63, 3.8) is 0 Å². The van der Waals surface area contributed by atoms with Crippen LogP contribution in [0.1, 0.15) is 55.7 Å². The fourth-order valence-corrected chi connectivity index (χ4v) is 4.13. The number of terminal acetylenes is 1. The van der Waals surface area contributed by atoms with E-state index >= 15 is 0 Å². The molecule has 0 aliphatic carbocycles. The fraction of sp³-hybridized carbons (Fsp3) is 0.407. The molecule has 0 spiro atoms. The average molecular weight is 497 g/mol. The molecule has 1 aliphatic heterocycles. The molecule has 2 heterocycles. The number of nitrogens with zero attached hydrogens (tertiary/aromatic N) is 2. The highest BCUT2D eigenvalue weighted by Crippen LogP contribution is 2.40. The van der Waals surface area contributed by atoms with Gasteiger partial charge in [-0.05, 0) is 63.6 Å². The first-order valence-electron chi connectivity index (χ1n) is 11.7. The molecule has 4 N–H and O–H groups in total. The van der Waals surface area contributed by atoms with Crippen LogP contribution in [-0.2, 0) is 10.7 Å². The van der Waals surface area contributed by atoms with Gasteiger partial charge in [0.2, 0.25) is 0 Å². The lowest BCUT2D eigenvalue weighted by Gasteiger charge is -2.30. The van der Waals surface area contributed by atoms with Gasteiger partial charge in [-0.1, -0.05) is 5.92 Å². The Morgan fingerprint density at radius 2 is 2.00 bits per heavy atom. The molecule has 0 saturated carbocycles. The third kappa shape index (κ3) is 5.06. The molecule has 3 aromatic rings. The maximum absolute atomic E-state index is 14.9. The third-order valence-electron chi connectivity index (χ3n) is 6.21. The Labute approximate surface area is 209 Å². The summed E-state index contributed by atoms with van der Waals surface area (Å²) < 4.78 is 41.3. The van der Waals surface area contributed by atoms with Crippen molar-refractivity contribution >= 4 is 22.4 Å². The number of benzene rings is 2. The van der Waals surface area contributed by atoms with Crippen LogP contribution in [-0.4, -0.2) is 40.0 Å². The summed E-state index contributed by atoms with van der Waals surface area (Å²) >= 11 is 0. The van der Waals surface area contributed by atoms with E-state index < -0.39 is 17.6 Å². The molecule has 36 heavy (non-hydrogen) atoms. The second kappa shape index (κ2) is 9.52. The number of hydrogen-bond donors (Lipinski definition) is 3. The molecule has 0 amide bonds. The highest BCUT2D eigenvalue weighted by molar-refractivity contribution is 5.92. The van der Waals surface area contributed by atoms with Gasteiger partial charge in [-0.25, -0.2) is 9.97 Å². The lowest BCUT2D eigenvalue weighted by atomic mass is 9.91. The standard InChI is InChI=1S/C27H30F2N4O3/c1-6-17-11-23-22(13-24(17)36-21-7-8-35-14-21)25(33-16(3)32-23)31-15(2)18-9-19(12-20(30)10-18)27(28,29)26(4,5)34/h1,9-13,15,21,34H,7-8,14,30H2,2-5H3,(H,31,32,33)/t15?,21-/m0/s1. The number of fused-ring (bicyclic) bond motifs is 1. The van der Waals surface area contributed by atoms with Gasteiger partial charge in [0.1, 0.15) is 29.1 Å². The number of alkyl halides is 2. The van der Waals surface area contributed by atoms with Gasteiger partial charge < -0.3 is 25.6 Å². The second-order valence-electron chi connectivity index (χ2n) is 9.62. The number of hydrogen-bond acceptors (Lipinski definition) is 7. The van der Waals surface area contributed by atoms with Crippen LogP contribution in [0.5, 0.6) is 5.75 Å². The molecule has 1 unspecified atom stereocenters. The van der Waals surface area contributed by atoms with Gasteiger partial charge >= 0.3 is 5.92 Å². The summed E-state index contributed by atoms with van der Waals surface area (Å²) in [5.41, 5.74) is 5.21. The van der Waals surface area contributed by atoms with Crippen molar-refractivity contribution in [2.75, 3.05) is 24.3 Å². The lowest BCUT2D eigenvalue weighted by molar-refractivity contribution is -0.168. The number of nitrogens with two attached hydrogens (primary N) is 1. The summed E-state index contributed by atoms with van der Waals surface area (Å²) in [6.45, 7) is 6.82. The second-order valence-corrected chi connectivity index (χ2v) is 9.62. The summed E-state index contributed by atoms with van der Waals surface area (Å²) in [7, 11) is 0. The predicted molar refractivity (Wildman–Crippen MR) is 135 cm³/mol. The van der Waals surface area contributed by atoms with Crippen LogP contribution in [0.15, 0.2) is 30.3 Å². The van der Waals surface area contributed by atoms with Crippen molar-refractivity contribution in [1.82, 2.24) is 9.97 Å². The molecule has 1 fully saturated rings. The van der Waals surface area contributed by atoms with Crippen LogP contribution in [0, 0.1) is 19.3 Å². The van der Waals surface area contributed by atoms with E-state index in [0.717, 1.165) is 20.3 Å². The van der Waals surface area contributed by atoms with Crippen LogP contribution in [0.3, 0.4) is 0 Å². The van der Waals surface area contributed by atoms with E-state index in [2.05, 4.69) is 21.2 Å². The average Bonchev–Trinajstić information content (AvgIpc) is 3.31. The van der Waals surface area contributed by atoms with Gasteiger partial charge in [0.15, 0.2) is 0 Å². The molecule has 9 heteroatoms. The normalized spacial score (nSPS) is 17.1. The number of nitrogen functional groups attached to an aromatic ring is 1. The third-order valence-corrected chi connectivity index (χ3v) is 6.21. The first-order valence-corrected chi connectivity index (χ1v) is 11.7. The molecule has 7 nitrogen and oxygen atoms in total. The Hall–Kier alpha value is -3.48. The zero-order valence-corrected chi connectivity index (χ0v) is 20.7. The monoisotopic (exact) mass is 496 g/mol. The van der Waals surface area contributed by atoms with Crippen LogP contribution in [0.2, 0.25) is 0 Å². The van der Waals surface area contributed by atoms with Crippen molar-refractivity contribution in [1.29, 1.82) is 0 Å². The molecule has 1 saturated heterocycles. The molecular weight excluding hydrogens is 466 g/mol. The number of halogens is 2. The van der Waals surface area contributed by atoms with Crippen molar-refractivity contribution in [2.24, 2.45) is 0 Å². The minimum Gasteiger partial charge on any atom is -0.487 e. The number of ether oxygens (including phenoxy) is 2. The molecule has 190 valence electrons. The van der Waals surface area contributed by atoms with Crippen LogP contribution in [0.4, 0.5) is 20.3 Å². The maximum Gasteiger partial charge on any atom is 0.300 e. The minimum absolute atomic E-state index is 0.0978. The van der Waals surface area contributed by atoms with Gasteiger partial charge in [0.05, 0.1) is 30.3 Å². The van der Waals surface area contributed by atoms with E-state index in [-0.39, 0.29) is 17.4 Å². The molecule has 1 aliphatic rings. The molecule has 0 radical (unpaired) electrons. The predicted octanol–water partition coefficient (Wildman–Crippen LogP) is 4.71. The first kappa shape index (κ1) is 25.6. The van der Waals surface area contributed by atoms with Crippen molar-refractivity contribution in [3.05, 3.63) is 52.8 Å². The number of nitrogens with one attached hydrogen (secondary N) is 1. The van der Waals surface area contributed by atoms with Crippen molar-refractivity contribution < 1.29 is 23.4 Å². The van der Waals surface area contributed by atoms with Gasteiger partial charge in [0.25, 0.3) is 0 Å². The number of aromatic nitrogens is 2. The van der Waals surface area contributed by atoms with Crippen molar-refractivity contribution in [2.45, 2.75) is 57.8 Å². The van der Waals surface area contributed by atoms with E-state index in [1.54, 1.807) is 25.1 Å². The number of aliphatic hydroxyl groups is 1. The molecule has 2 aromatic carbocycles. The summed E-state index contributed by atoms with van der Waals surface area (Å²) in [6, 6.07) is 7.24. The van der Waals surface area contributed by atoms with Gasteiger partial charge in [0, 0.05) is 23.1 Å². The summed E-state index contributed by atoms with van der Waals surface area (Å²) in [5, 5.41) is 14.0. The van der Waals surface area contributed by atoms with Gasteiger partial charge in [-0.2, -0.15) is 8.78 Å². The van der Waals surface area contributed by atoms with E-state index in [9.17, 15) is 13.9 Å². The molecular formula is C27H30F2N4O3. The SMILES string of the molecule is C#Cc1cc2nc(C)nc(NC(C)c3cc(N)cc(C(F)(F)C(C)(C)O)c3)c2cc1O[C@H]1CCOC1. The highest BCUT2D eigenvalue weighted by Gasteiger charge is 2.47. The quantitative estimate of drug-likeness (QED) is 0.322.